The Balaban J connectivity index is 1.33. The van der Waals surface area contributed by atoms with E-state index < -0.39 is 39.7 Å². The van der Waals surface area contributed by atoms with E-state index in [2.05, 4.69) is 27.7 Å². The molecule has 2 aliphatic carbocycles. The minimum atomic E-state index is -0.854. The fourth-order valence-electron chi connectivity index (χ4n) is 7.10. The lowest BCUT2D eigenvalue weighted by atomic mass is 9.51. The van der Waals surface area contributed by atoms with Crippen LogP contribution in [-0.2, 0) is 47.2 Å². The average molecular weight is 590 g/mol. The first-order chi connectivity index (χ1) is 20.2. The van der Waals surface area contributed by atoms with Crippen molar-refractivity contribution in [2.45, 2.75) is 81.6 Å². The lowest BCUT2D eigenvalue weighted by molar-refractivity contribution is -0.757. The molecule has 0 N–H and O–H groups in total. The maximum Gasteiger partial charge on any atom is 0.311 e. The monoisotopic (exact) mass is 589 g/mol. The molecule has 5 rings (SSSR count). The smallest absolute Gasteiger partial charge is 0.311 e. The first-order valence-corrected chi connectivity index (χ1v) is 14.3. The van der Waals surface area contributed by atoms with E-state index in [1.165, 1.54) is 5.56 Å². The SMILES string of the molecule is CN1CC[C@]23c4c5ccc(OC(=O)CCCCO[N+](=O)[O-])c4COC2[C@@H](OC(=O)CCCCO[N+](=O)[O-])C=CC3C1C5. The third kappa shape index (κ3) is 5.91. The highest BCUT2D eigenvalue weighted by atomic mass is 17.0. The molecule has 1 fully saturated rings. The fraction of sp³-hybridized carbons (Fsp3) is 0.643. The summed E-state index contributed by atoms with van der Waals surface area (Å²) in [6.07, 6.45) is 6.40. The van der Waals surface area contributed by atoms with Crippen molar-refractivity contribution in [3.63, 3.8) is 0 Å². The number of hydrogen-bond acceptors (Lipinski definition) is 12. The van der Waals surface area contributed by atoms with E-state index >= 15 is 0 Å². The van der Waals surface area contributed by atoms with E-state index in [0.29, 0.717) is 31.4 Å². The van der Waals surface area contributed by atoms with E-state index in [9.17, 15) is 29.8 Å². The summed E-state index contributed by atoms with van der Waals surface area (Å²) in [4.78, 5) is 57.0. The van der Waals surface area contributed by atoms with E-state index in [1.54, 1.807) is 0 Å². The van der Waals surface area contributed by atoms with Gasteiger partial charge in [0, 0.05) is 35.8 Å². The van der Waals surface area contributed by atoms with E-state index in [4.69, 9.17) is 14.2 Å². The quantitative estimate of drug-likeness (QED) is 0.0777. The number of carbonyl (C=O) groups excluding carboxylic acids is 2. The molecule has 42 heavy (non-hydrogen) atoms. The van der Waals surface area contributed by atoms with Gasteiger partial charge in [0.1, 0.15) is 18.0 Å². The molecule has 14 heteroatoms. The number of ether oxygens (including phenoxy) is 3. The van der Waals surface area contributed by atoms with Crippen LogP contribution in [0.3, 0.4) is 0 Å². The van der Waals surface area contributed by atoms with Crippen molar-refractivity contribution < 1.29 is 43.6 Å². The molecule has 0 radical (unpaired) electrons. The molecule has 1 aromatic carbocycles. The van der Waals surface area contributed by atoms with Crippen molar-refractivity contribution in [1.29, 1.82) is 0 Å². The second kappa shape index (κ2) is 12.6. The lowest BCUT2D eigenvalue weighted by Gasteiger charge is -2.62. The number of carbonyl (C=O) groups is 2. The number of likely N-dealkylation sites (N-methyl/N-ethyl adjacent to an activating group) is 1. The molecule has 2 heterocycles. The molecule has 2 bridgehead atoms. The Morgan fingerprint density at radius 2 is 1.71 bits per heavy atom. The van der Waals surface area contributed by atoms with Crippen LogP contribution in [0, 0.1) is 26.1 Å². The van der Waals surface area contributed by atoms with Gasteiger partial charge in [-0.15, -0.1) is 20.2 Å². The number of piperidine rings is 1. The van der Waals surface area contributed by atoms with Crippen molar-refractivity contribution in [3.05, 3.63) is 61.2 Å². The van der Waals surface area contributed by atoms with Crippen LogP contribution in [0.4, 0.5) is 0 Å². The summed E-state index contributed by atoms with van der Waals surface area (Å²) in [7, 11) is 2.12. The normalized spacial score (nSPS) is 27.0. The molecule has 3 unspecified atom stereocenters. The van der Waals surface area contributed by atoms with Gasteiger partial charge >= 0.3 is 11.9 Å². The second-order valence-electron chi connectivity index (χ2n) is 11.2. The summed E-state index contributed by atoms with van der Waals surface area (Å²) in [6, 6.07) is 4.08. The summed E-state index contributed by atoms with van der Waals surface area (Å²) >= 11 is 0. The molecule has 0 saturated carbocycles. The number of hydrogen-bond donors (Lipinski definition) is 0. The van der Waals surface area contributed by atoms with Gasteiger partial charge < -0.3 is 28.8 Å². The molecule has 5 atom stereocenters. The third-order valence-electron chi connectivity index (χ3n) is 8.86. The molecule has 1 saturated heterocycles. The maximum absolute atomic E-state index is 12.8. The maximum atomic E-state index is 12.8. The van der Waals surface area contributed by atoms with Crippen LogP contribution < -0.4 is 4.74 Å². The van der Waals surface area contributed by atoms with Crippen LogP contribution in [0.2, 0.25) is 0 Å². The van der Waals surface area contributed by atoms with Gasteiger partial charge in [0.2, 0.25) is 0 Å². The predicted octanol–water partition coefficient (Wildman–Crippen LogP) is 2.84. The summed E-state index contributed by atoms with van der Waals surface area (Å²) in [5, 5.41) is 18.9. The van der Waals surface area contributed by atoms with Crippen molar-refractivity contribution in [1.82, 2.24) is 4.90 Å². The van der Waals surface area contributed by atoms with Crippen molar-refractivity contribution in [2.24, 2.45) is 5.92 Å². The molecule has 0 aromatic heterocycles. The Kier molecular flexibility index (Phi) is 8.92. The molecule has 2 aliphatic heterocycles. The van der Waals surface area contributed by atoms with E-state index in [-0.39, 0.29) is 44.6 Å². The predicted molar refractivity (Wildman–Crippen MR) is 143 cm³/mol. The minimum absolute atomic E-state index is 0.0719. The van der Waals surface area contributed by atoms with Gasteiger partial charge in [-0.2, -0.15) is 0 Å². The minimum Gasteiger partial charge on any atom is -0.455 e. The van der Waals surface area contributed by atoms with Gasteiger partial charge in [-0.25, -0.2) is 0 Å². The molecule has 4 aliphatic rings. The molecular formula is C28H35N3O11. The Bertz CT molecular complexity index is 1250. The second-order valence-corrected chi connectivity index (χ2v) is 11.2. The van der Waals surface area contributed by atoms with Gasteiger partial charge in [0.05, 0.1) is 19.8 Å². The largest absolute Gasteiger partial charge is 0.455 e. The number of nitrogens with zero attached hydrogens (tertiary/aromatic N) is 3. The van der Waals surface area contributed by atoms with Gasteiger partial charge in [-0.1, -0.05) is 12.1 Å². The Morgan fingerprint density at radius 3 is 2.40 bits per heavy atom. The van der Waals surface area contributed by atoms with Crippen molar-refractivity contribution in [3.8, 4) is 5.75 Å². The number of rotatable bonds is 14. The lowest BCUT2D eigenvalue weighted by Crippen LogP contribution is -2.68. The fourth-order valence-corrected chi connectivity index (χ4v) is 7.10. The summed E-state index contributed by atoms with van der Waals surface area (Å²) in [6.45, 7) is 0.884. The molecule has 228 valence electrons. The van der Waals surface area contributed by atoms with E-state index in [1.807, 2.05) is 18.2 Å². The zero-order valence-corrected chi connectivity index (χ0v) is 23.4. The van der Waals surface area contributed by atoms with Crippen LogP contribution in [0.5, 0.6) is 5.75 Å². The van der Waals surface area contributed by atoms with E-state index in [0.717, 1.165) is 30.5 Å². The Morgan fingerprint density at radius 1 is 1.02 bits per heavy atom. The van der Waals surface area contributed by atoms with Crippen LogP contribution in [0.1, 0.15) is 61.6 Å². The summed E-state index contributed by atoms with van der Waals surface area (Å²) in [5.74, 6) is -0.264. The summed E-state index contributed by atoms with van der Waals surface area (Å²) < 4.78 is 18.2. The van der Waals surface area contributed by atoms with Gasteiger partial charge in [0.15, 0.2) is 0 Å². The third-order valence-corrected chi connectivity index (χ3v) is 8.86. The van der Waals surface area contributed by atoms with Crippen LogP contribution >= 0.6 is 0 Å². The first-order valence-electron chi connectivity index (χ1n) is 14.3. The zero-order valence-electron chi connectivity index (χ0n) is 23.4. The zero-order chi connectivity index (χ0) is 29.9. The van der Waals surface area contributed by atoms with Crippen LogP contribution in [-0.4, -0.2) is 72.1 Å². The Labute approximate surface area is 242 Å². The number of benzene rings is 1. The molecule has 14 nitrogen and oxygen atoms in total. The standard InChI is InChI=1S/C28H35N3O11/c1-29-13-12-28-20-9-11-23(42-25(33)7-3-5-15-40-31(36)37)27(28)38-17-19-22(10-8-18(26(19)28)16-21(20)29)41-24(32)6-2-4-14-39-30(34)35/h8-11,20-21,23,27H,2-7,12-17H2,1H3/t20?,21?,23-,27?,28-/m0/s1. The highest BCUT2D eigenvalue weighted by Crippen LogP contribution is 2.59. The topological polar surface area (TPSA) is 170 Å². The van der Waals surface area contributed by atoms with Gasteiger partial charge in [-0.05, 0) is 75.4 Å². The number of unbranched alkanes of at least 4 members (excludes halogenated alkanes) is 2. The number of likely N-dealkylation sites (tertiary alicyclic amines) is 1. The van der Waals surface area contributed by atoms with Crippen molar-refractivity contribution >= 4 is 11.9 Å². The molecule has 1 aromatic rings. The highest BCUT2D eigenvalue weighted by molar-refractivity contribution is 5.73. The van der Waals surface area contributed by atoms with Gasteiger partial charge in [-0.3, -0.25) is 9.59 Å². The molecular weight excluding hydrogens is 554 g/mol. The average Bonchev–Trinajstić information content (AvgIpc) is 2.94. The molecule has 0 amide bonds. The summed E-state index contributed by atoms with van der Waals surface area (Å²) in [5.41, 5.74) is 2.68. The van der Waals surface area contributed by atoms with Gasteiger partial charge in [0.25, 0.3) is 10.2 Å². The molecule has 1 spiro atoms. The Hall–Kier alpha value is -3.78. The van der Waals surface area contributed by atoms with Crippen molar-refractivity contribution in [2.75, 3.05) is 26.8 Å². The first kappa shape index (κ1) is 29.7. The van der Waals surface area contributed by atoms with Crippen LogP contribution in [0.15, 0.2) is 24.3 Å². The van der Waals surface area contributed by atoms with Crippen LogP contribution in [0.25, 0.3) is 0 Å². The number of esters is 2. The highest BCUT2D eigenvalue weighted by Gasteiger charge is 2.62.